The molecule has 0 bridgehead atoms. The highest BCUT2D eigenvalue weighted by molar-refractivity contribution is 6.45. The third-order valence-corrected chi connectivity index (χ3v) is 20.7. The largest absolute Gasteiger partial charge is 0.457 e. The molecule has 9 aromatic rings. The SMILES string of the molecule is CCCC(C(=O)N(CCOCC1CO1)COC)N1C(=O)c2cc(Oc3ccc(C(C)(C)C)cc3)c3c4c(Oc5ccc(C(C)(C)C)cc5)cc5c6c(cc(Oc7ccc(C(C)(C)C)cc7)c(c7c(Oc8ccc(C(C)(C)C)cc8)cc(c2c37)C1=O)c64)C(=O)N(C(CCC)C(=O)N(CCOCC1CO1)COC)C5=O. The van der Waals surface area contributed by atoms with E-state index in [0.717, 1.165) is 32.1 Å². The molecular weight excluding hydrogens is 1370 g/mol. The first-order valence-electron chi connectivity index (χ1n) is 37.6. The van der Waals surface area contributed by atoms with E-state index in [1.165, 1.54) is 24.0 Å². The molecule has 4 aliphatic heterocycles. The summed E-state index contributed by atoms with van der Waals surface area (Å²) in [5.41, 5.74) is 3.13. The molecule has 0 aliphatic carbocycles. The smallest absolute Gasteiger partial charge is 0.262 e. The van der Waals surface area contributed by atoms with Gasteiger partial charge < -0.3 is 57.2 Å². The van der Waals surface area contributed by atoms with E-state index >= 15 is 28.8 Å². The monoisotopic (exact) mass is 1470 g/mol. The number of amides is 6. The van der Waals surface area contributed by atoms with Gasteiger partial charge in [-0.05, 0) is 130 Å². The number of imide groups is 2. The van der Waals surface area contributed by atoms with Gasteiger partial charge in [0, 0.05) is 70.4 Å². The van der Waals surface area contributed by atoms with E-state index in [9.17, 15) is 0 Å². The highest BCUT2D eigenvalue weighted by Crippen LogP contribution is 2.58. The fourth-order valence-corrected chi connectivity index (χ4v) is 14.6. The van der Waals surface area contributed by atoms with Crippen LogP contribution >= 0.6 is 0 Å². The Hall–Kier alpha value is -9.54. The fourth-order valence-electron chi connectivity index (χ4n) is 14.6. The number of nitrogens with zero attached hydrogens (tertiary/aromatic N) is 4. The van der Waals surface area contributed by atoms with Crippen LogP contribution < -0.4 is 18.9 Å². The molecule has 108 heavy (non-hydrogen) atoms. The molecular formula is C88H100N4O16. The van der Waals surface area contributed by atoms with Crippen molar-refractivity contribution >= 4 is 78.5 Å². The van der Waals surface area contributed by atoms with Crippen molar-refractivity contribution < 1.29 is 76.1 Å². The number of ether oxygens (including phenoxy) is 10. The average molecular weight is 1470 g/mol. The van der Waals surface area contributed by atoms with E-state index in [0.29, 0.717) is 94.6 Å². The van der Waals surface area contributed by atoms with Gasteiger partial charge in [0.25, 0.3) is 23.6 Å². The number of methoxy groups -OCH3 is 2. The first-order chi connectivity index (χ1) is 51.4. The van der Waals surface area contributed by atoms with Crippen molar-refractivity contribution in [2.24, 2.45) is 0 Å². The summed E-state index contributed by atoms with van der Waals surface area (Å²) in [6, 6.07) is 34.5. The zero-order valence-corrected chi connectivity index (χ0v) is 65.1. The number of hydrogen-bond acceptors (Lipinski definition) is 16. The molecule has 6 amide bonds. The highest BCUT2D eigenvalue weighted by atomic mass is 16.6. The summed E-state index contributed by atoms with van der Waals surface area (Å²) in [7, 11) is 2.95. The minimum Gasteiger partial charge on any atom is -0.457 e. The molecule has 9 aromatic carbocycles. The fraction of sp³-hybridized carbons (Fsp3) is 0.432. The minimum atomic E-state index is -1.34. The Morgan fingerprint density at radius 3 is 0.870 bits per heavy atom. The lowest BCUT2D eigenvalue weighted by atomic mass is 9.80. The van der Waals surface area contributed by atoms with Crippen molar-refractivity contribution in [3.8, 4) is 46.0 Å². The Morgan fingerprint density at radius 1 is 0.407 bits per heavy atom. The molecule has 568 valence electrons. The summed E-state index contributed by atoms with van der Waals surface area (Å²) in [6.45, 7) is 31.1. The number of hydrogen-bond donors (Lipinski definition) is 0. The lowest BCUT2D eigenvalue weighted by Crippen LogP contribution is -2.55. The molecule has 20 heteroatoms. The van der Waals surface area contributed by atoms with Crippen molar-refractivity contribution in [1.82, 2.24) is 19.6 Å². The number of epoxide rings is 2. The number of benzene rings is 9. The lowest BCUT2D eigenvalue weighted by molar-refractivity contribution is -0.142. The van der Waals surface area contributed by atoms with Crippen molar-refractivity contribution in [3.63, 3.8) is 0 Å². The summed E-state index contributed by atoms with van der Waals surface area (Å²) in [5, 5.41) is 2.24. The van der Waals surface area contributed by atoms with E-state index in [1.54, 1.807) is 24.3 Å². The van der Waals surface area contributed by atoms with Gasteiger partial charge in [-0.15, -0.1) is 0 Å². The normalized spacial score (nSPS) is 16.4. The van der Waals surface area contributed by atoms with Gasteiger partial charge in [-0.2, -0.15) is 0 Å². The van der Waals surface area contributed by atoms with Crippen LogP contribution in [0.25, 0.3) is 43.1 Å². The minimum absolute atomic E-state index is 0.0217. The standard InChI is InChI=1S/C88H100N4O16/c1-17-19-65(83(97)89(49-99-15)37-39-101-45-59-47-103-59)91-79(93)61-41-67(105-55-29-21-51(22-30-55)85(3,4)5)73-75-69(107-57-33-25-53(26-34-57)87(9,10)11)43-63-72-64(82(96)92(81(63)95)66(20-18-2)84(98)90(50-100-16)38-40-102-46-60-48-104-60)44-70(108-58-35-27-54(28-36-58)88(12,13)14)76(78(72)75)74-68(42-62(80(91)94)71(61)77(73)74)106-56-31-23-52(24-32-56)86(6,7)8/h21-36,41-44,59-60,65-66H,17-20,37-40,45-50H2,1-16H3. The summed E-state index contributed by atoms with van der Waals surface area (Å²) < 4.78 is 63.5. The summed E-state index contributed by atoms with van der Waals surface area (Å²) in [4.78, 5) is 102. The topological polar surface area (TPSA) is 214 Å². The summed E-state index contributed by atoms with van der Waals surface area (Å²) in [5.74, 6) is -2.23. The molecule has 13 rings (SSSR count). The van der Waals surface area contributed by atoms with Gasteiger partial charge in [-0.25, -0.2) is 0 Å². The van der Waals surface area contributed by atoms with Crippen LogP contribution in [0.15, 0.2) is 121 Å². The van der Waals surface area contributed by atoms with E-state index in [4.69, 9.17) is 47.4 Å². The molecule has 2 fully saturated rings. The second kappa shape index (κ2) is 30.5. The number of rotatable bonds is 30. The number of carbonyl (C=O) groups is 6. The highest BCUT2D eigenvalue weighted by Gasteiger charge is 2.47. The zero-order valence-electron chi connectivity index (χ0n) is 65.1. The molecule has 2 saturated heterocycles. The molecule has 4 aliphatic rings. The van der Waals surface area contributed by atoms with Gasteiger partial charge in [0.1, 0.15) is 83.7 Å². The van der Waals surface area contributed by atoms with Crippen LogP contribution in [0.4, 0.5) is 0 Å². The third-order valence-electron chi connectivity index (χ3n) is 20.7. The van der Waals surface area contributed by atoms with Crippen LogP contribution in [0, 0.1) is 0 Å². The van der Waals surface area contributed by atoms with E-state index < -0.39 is 47.5 Å². The predicted molar refractivity (Wildman–Crippen MR) is 415 cm³/mol. The van der Waals surface area contributed by atoms with Crippen molar-refractivity contribution in [1.29, 1.82) is 0 Å². The van der Waals surface area contributed by atoms with E-state index in [1.807, 2.05) is 111 Å². The van der Waals surface area contributed by atoms with Gasteiger partial charge in [-0.3, -0.25) is 38.6 Å². The molecule has 4 unspecified atom stereocenters. The van der Waals surface area contributed by atoms with E-state index in [2.05, 4.69) is 83.1 Å². The Balaban J connectivity index is 1.16. The maximum atomic E-state index is 16.5. The van der Waals surface area contributed by atoms with Crippen LogP contribution in [0.5, 0.6) is 46.0 Å². The van der Waals surface area contributed by atoms with Crippen LogP contribution in [0.1, 0.15) is 186 Å². The number of fused-ring (bicyclic) bond motifs is 2. The maximum Gasteiger partial charge on any atom is 0.262 e. The Labute approximate surface area is 632 Å². The van der Waals surface area contributed by atoms with Gasteiger partial charge in [-0.1, -0.05) is 158 Å². The molecule has 0 spiro atoms. The quantitative estimate of drug-likeness (QED) is 0.0102. The Bertz CT molecular complexity index is 4350. The van der Waals surface area contributed by atoms with Crippen LogP contribution in [0.2, 0.25) is 0 Å². The van der Waals surface area contributed by atoms with Gasteiger partial charge >= 0.3 is 0 Å². The zero-order chi connectivity index (χ0) is 77.1. The molecule has 20 nitrogen and oxygen atoms in total. The first-order valence-corrected chi connectivity index (χ1v) is 37.6. The first kappa shape index (κ1) is 76.6. The molecule has 4 heterocycles. The third kappa shape index (κ3) is 15.5. The Kier molecular flexibility index (Phi) is 21.6. The Morgan fingerprint density at radius 2 is 0.657 bits per heavy atom. The van der Waals surface area contributed by atoms with E-state index in [-0.39, 0.29) is 142 Å². The lowest BCUT2D eigenvalue weighted by Gasteiger charge is -2.37. The summed E-state index contributed by atoms with van der Waals surface area (Å²) >= 11 is 0. The van der Waals surface area contributed by atoms with Crippen molar-refractivity contribution in [2.75, 3.05) is 80.4 Å². The van der Waals surface area contributed by atoms with Crippen LogP contribution in [-0.4, -0.2) is 160 Å². The van der Waals surface area contributed by atoms with Crippen molar-refractivity contribution in [3.05, 3.63) is 166 Å². The van der Waals surface area contributed by atoms with Gasteiger partial charge in [0.05, 0.1) is 61.9 Å². The molecule has 0 N–H and O–H groups in total. The second-order valence-corrected chi connectivity index (χ2v) is 32.9. The maximum absolute atomic E-state index is 16.5. The molecule has 0 saturated carbocycles. The van der Waals surface area contributed by atoms with Crippen molar-refractivity contribution in [2.45, 2.75) is 169 Å². The average Bonchev–Trinajstić information content (AvgIpc) is 1.30. The molecule has 4 atom stereocenters. The molecule has 0 aromatic heterocycles. The number of carbonyl (C=O) groups excluding carboxylic acids is 6. The summed E-state index contributed by atoms with van der Waals surface area (Å²) in [6.07, 6.45) is 0.920. The second-order valence-electron chi connectivity index (χ2n) is 32.9. The van der Waals surface area contributed by atoms with Gasteiger partial charge in [0.15, 0.2) is 0 Å². The van der Waals surface area contributed by atoms with Crippen LogP contribution in [0.3, 0.4) is 0 Å². The van der Waals surface area contributed by atoms with Crippen LogP contribution in [-0.2, 0) is 59.7 Å². The molecule has 0 radical (unpaired) electrons. The predicted octanol–water partition coefficient (Wildman–Crippen LogP) is 17.3. The van der Waals surface area contributed by atoms with Gasteiger partial charge in [0.2, 0.25) is 11.8 Å².